The van der Waals surface area contributed by atoms with Crippen molar-refractivity contribution in [3.05, 3.63) is 40.4 Å². The first-order chi connectivity index (χ1) is 13.7. The van der Waals surface area contributed by atoms with E-state index in [9.17, 15) is 4.79 Å². The molecule has 0 spiro atoms. The van der Waals surface area contributed by atoms with Crippen molar-refractivity contribution in [3.8, 4) is 11.4 Å². The third-order valence-corrected chi connectivity index (χ3v) is 6.55. The lowest BCUT2D eigenvalue weighted by atomic mass is 10.1. The van der Waals surface area contributed by atoms with E-state index in [0.29, 0.717) is 11.0 Å². The number of thiazole rings is 1. The molecule has 2 aromatic heterocycles. The van der Waals surface area contributed by atoms with Crippen molar-refractivity contribution in [2.75, 3.05) is 5.32 Å². The molecule has 3 aromatic rings. The fourth-order valence-electron chi connectivity index (χ4n) is 2.77. The lowest BCUT2D eigenvalue weighted by Gasteiger charge is -2.15. The molecule has 0 bridgehead atoms. The van der Waals surface area contributed by atoms with E-state index in [1.165, 1.54) is 28.7 Å². The van der Waals surface area contributed by atoms with Gasteiger partial charge in [0.1, 0.15) is 0 Å². The second-order valence-electron chi connectivity index (χ2n) is 7.59. The number of amides is 1. The number of nitrogens with one attached hydrogen (secondary N) is 1. The molecule has 154 valence electrons. The van der Waals surface area contributed by atoms with Crippen LogP contribution in [0, 0.1) is 26.7 Å². The molecule has 0 aliphatic rings. The van der Waals surface area contributed by atoms with Crippen LogP contribution >= 0.6 is 23.1 Å². The average Bonchev–Trinajstić information content (AvgIpc) is 3.18. The molecule has 0 saturated carbocycles. The number of carbonyl (C=O) groups excluding carboxylic acids is 1. The summed E-state index contributed by atoms with van der Waals surface area (Å²) in [6.45, 7) is 13.0. The summed E-state index contributed by atoms with van der Waals surface area (Å²) in [6, 6.07) is 8.27. The molecule has 0 fully saturated rings. The highest BCUT2D eigenvalue weighted by molar-refractivity contribution is 8.00. The summed E-state index contributed by atoms with van der Waals surface area (Å²) in [7, 11) is 0. The Morgan fingerprint density at radius 3 is 2.41 bits per heavy atom. The monoisotopic (exact) mass is 429 g/mol. The second kappa shape index (κ2) is 9.09. The molecule has 1 N–H and O–H groups in total. The van der Waals surface area contributed by atoms with Gasteiger partial charge in [-0.3, -0.25) is 4.79 Å². The number of carbonyl (C=O) groups is 1. The highest BCUT2D eigenvalue weighted by atomic mass is 32.2. The predicted molar refractivity (Wildman–Crippen MR) is 121 cm³/mol. The quantitative estimate of drug-likeness (QED) is 0.529. The smallest absolute Gasteiger partial charge is 0.239 e. The summed E-state index contributed by atoms with van der Waals surface area (Å²) in [5, 5.41) is 12.8. The van der Waals surface area contributed by atoms with E-state index in [1.54, 1.807) is 0 Å². The maximum atomic E-state index is 12.7. The van der Waals surface area contributed by atoms with Crippen LogP contribution in [-0.2, 0) is 11.3 Å². The van der Waals surface area contributed by atoms with Gasteiger partial charge in [0.15, 0.2) is 16.1 Å². The number of aromatic nitrogens is 4. The molecule has 6 nitrogen and oxygen atoms in total. The number of hydrogen-bond acceptors (Lipinski definition) is 6. The molecule has 29 heavy (non-hydrogen) atoms. The highest BCUT2D eigenvalue weighted by Crippen LogP contribution is 2.29. The molecule has 0 aliphatic carbocycles. The topological polar surface area (TPSA) is 72.7 Å². The molecule has 0 aliphatic heterocycles. The van der Waals surface area contributed by atoms with Crippen molar-refractivity contribution in [2.24, 2.45) is 5.92 Å². The van der Waals surface area contributed by atoms with Crippen molar-refractivity contribution >= 4 is 34.1 Å². The molecular weight excluding hydrogens is 402 g/mol. The van der Waals surface area contributed by atoms with Crippen LogP contribution in [0.1, 0.15) is 36.9 Å². The van der Waals surface area contributed by atoms with Gasteiger partial charge in [-0.2, -0.15) is 0 Å². The first-order valence-electron chi connectivity index (χ1n) is 9.66. The molecule has 1 atom stereocenters. The molecular formula is C21H27N5OS2. The first kappa shape index (κ1) is 21.5. The van der Waals surface area contributed by atoms with Crippen LogP contribution < -0.4 is 5.32 Å². The van der Waals surface area contributed by atoms with Gasteiger partial charge in [0.05, 0.1) is 10.9 Å². The Morgan fingerprint density at radius 1 is 1.14 bits per heavy atom. The minimum absolute atomic E-state index is 0.0836. The zero-order valence-electron chi connectivity index (χ0n) is 17.7. The summed E-state index contributed by atoms with van der Waals surface area (Å²) < 4.78 is 2.11. The van der Waals surface area contributed by atoms with Crippen LogP contribution in [0.15, 0.2) is 29.4 Å². The van der Waals surface area contributed by atoms with Gasteiger partial charge in [0, 0.05) is 17.0 Å². The SMILES string of the molecule is Cc1ccc(-c2nnc(S[C@@H](C)C(=O)Nc3nc(C)c(C)s3)n2CC(C)C)cc1. The zero-order valence-corrected chi connectivity index (χ0v) is 19.3. The van der Waals surface area contributed by atoms with Crippen molar-refractivity contribution in [1.29, 1.82) is 0 Å². The number of rotatable bonds is 7. The van der Waals surface area contributed by atoms with E-state index in [-0.39, 0.29) is 11.2 Å². The largest absolute Gasteiger partial charge is 0.302 e. The Hall–Kier alpha value is -2.19. The number of anilines is 1. The minimum atomic E-state index is -0.319. The van der Waals surface area contributed by atoms with Crippen LogP contribution in [0.5, 0.6) is 0 Å². The maximum Gasteiger partial charge on any atom is 0.239 e. The lowest BCUT2D eigenvalue weighted by Crippen LogP contribution is -2.23. The predicted octanol–water partition coefficient (Wildman–Crippen LogP) is 5.10. The number of nitrogens with zero attached hydrogens (tertiary/aromatic N) is 4. The highest BCUT2D eigenvalue weighted by Gasteiger charge is 2.22. The molecule has 1 aromatic carbocycles. The summed E-state index contributed by atoms with van der Waals surface area (Å²) >= 11 is 2.92. The Bertz CT molecular complexity index is 972. The van der Waals surface area contributed by atoms with Crippen LogP contribution in [0.2, 0.25) is 0 Å². The Morgan fingerprint density at radius 2 is 1.83 bits per heavy atom. The summed E-state index contributed by atoms with van der Waals surface area (Å²) in [6.07, 6.45) is 0. The van der Waals surface area contributed by atoms with E-state index in [1.807, 2.05) is 20.8 Å². The lowest BCUT2D eigenvalue weighted by molar-refractivity contribution is -0.115. The molecule has 3 rings (SSSR count). The number of hydrogen-bond donors (Lipinski definition) is 1. The number of aryl methyl sites for hydroxylation is 3. The fraction of sp³-hybridized carbons (Fsp3) is 0.429. The van der Waals surface area contributed by atoms with Gasteiger partial charge in [0.2, 0.25) is 5.91 Å². The molecule has 0 unspecified atom stereocenters. The van der Waals surface area contributed by atoms with E-state index >= 15 is 0 Å². The zero-order chi connectivity index (χ0) is 21.1. The minimum Gasteiger partial charge on any atom is -0.302 e. The average molecular weight is 430 g/mol. The second-order valence-corrected chi connectivity index (χ2v) is 10.1. The fourth-order valence-corrected chi connectivity index (χ4v) is 4.44. The molecule has 0 radical (unpaired) electrons. The van der Waals surface area contributed by atoms with Crippen LogP contribution in [0.25, 0.3) is 11.4 Å². The standard InChI is InChI=1S/C21H27N5OS2/c1-12(2)11-26-18(17-9-7-13(3)8-10-17)24-25-21(26)29-16(6)19(27)23-20-22-14(4)15(5)28-20/h7-10,12,16H,11H2,1-6H3,(H,22,23,27)/t16-/m0/s1. The van der Waals surface area contributed by atoms with Gasteiger partial charge in [-0.05, 0) is 33.6 Å². The van der Waals surface area contributed by atoms with Crippen molar-refractivity contribution in [1.82, 2.24) is 19.7 Å². The first-order valence-corrected chi connectivity index (χ1v) is 11.4. The van der Waals surface area contributed by atoms with Gasteiger partial charge in [-0.1, -0.05) is 55.4 Å². The van der Waals surface area contributed by atoms with Gasteiger partial charge in [-0.15, -0.1) is 21.5 Å². The Balaban J connectivity index is 1.80. The van der Waals surface area contributed by atoms with Gasteiger partial charge >= 0.3 is 0 Å². The van der Waals surface area contributed by atoms with E-state index in [2.05, 4.69) is 70.1 Å². The molecule has 1 amide bonds. The van der Waals surface area contributed by atoms with Gasteiger partial charge in [0.25, 0.3) is 0 Å². The maximum absolute atomic E-state index is 12.7. The van der Waals surface area contributed by atoms with E-state index < -0.39 is 0 Å². The third-order valence-electron chi connectivity index (χ3n) is 4.48. The van der Waals surface area contributed by atoms with E-state index in [4.69, 9.17) is 0 Å². The van der Waals surface area contributed by atoms with Gasteiger partial charge in [-0.25, -0.2) is 4.98 Å². The van der Waals surface area contributed by atoms with Crippen LogP contribution in [0.4, 0.5) is 5.13 Å². The van der Waals surface area contributed by atoms with Crippen molar-refractivity contribution < 1.29 is 4.79 Å². The normalized spacial score (nSPS) is 12.4. The third kappa shape index (κ3) is 5.25. The molecule has 0 saturated heterocycles. The van der Waals surface area contributed by atoms with Crippen molar-refractivity contribution in [2.45, 2.75) is 58.5 Å². The van der Waals surface area contributed by atoms with Crippen LogP contribution in [-0.4, -0.2) is 30.9 Å². The summed E-state index contributed by atoms with van der Waals surface area (Å²) in [4.78, 5) is 18.2. The summed E-state index contributed by atoms with van der Waals surface area (Å²) in [5.74, 6) is 1.18. The van der Waals surface area contributed by atoms with E-state index in [0.717, 1.165) is 33.7 Å². The Kier molecular flexibility index (Phi) is 6.74. The Labute approximate surface area is 180 Å². The molecule has 8 heteroatoms. The van der Waals surface area contributed by atoms with Gasteiger partial charge < -0.3 is 9.88 Å². The number of thioether (sulfide) groups is 1. The summed E-state index contributed by atoms with van der Waals surface area (Å²) in [5.41, 5.74) is 3.18. The van der Waals surface area contributed by atoms with Crippen molar-refractivity contribution in [3.63, 3.8) is 0 Å². The van der Waals surface area contributed by atoms with Crippen LogP contribution in [0.3, 0.4) is 0 Å². The number of benzene rings is 1. The molecule has 2 heterocycles.